The van der Waals surface area contributed by atoms with E-state index in [0.717, 1.165) is 82.0 Å². The van der Waals surface area contributed by atoms with Crippen molar-refractivity contribution in [2.45, 2.75) is 385 Å². The smallest absolute Gasteiger partial charge is 0.305 e. The molecule has 0 spiro atoms. The molecule has 546 valence electrons. The second-order valence-corrected chi connectivity index (χ2v) is 32.9. The lowest BCUT2D eigenvalue weighted by Gasteiger charge is -2.27. The second kappa shape index (κ2) is 60.5. The molecule has 0 saturated carbocycles. The molecule has 0 aliphatic rings. The molecule has 12 nitrogen and oxygen atoms in total. The van der Waals surface area contributed by atoms with Gasteiger partial charge in [0.2, 0.25) is 0 Å². The van der Waals surface area contributed by atoms with Crippen LogP contribution in [0.25, 0.3) is 0 Å². The third-order valence-electron chi connectivity index (χ3n) is 16.9. The molecule has 3 atom stereocenters. The number of unbranched alkanes of at least 4 members (excludes halogenated alkanes) is 18. The third-order valence-corrected chi connectivity index (χ3v) is 16.9. The van der Waals surface area contributed by atoms with Crippen LogP contribution in [0.15, 0.2) is 0 Å². The van der Waals surface area contributed by atoms with E-state index in [1.54, 1.807) is 0 Å². The highest BCUT2D eigenvalue weighted by Crippen LogP contribution is 2.32. The van der Waals surface area contributed by atoms with Crippen molar-refractivity contribution < 1.29 is 57.2 Å². The number of carbonyl (C=O) groups is 6. The lowest BCUT2D eigenvalue weighted by Crippen LogP contribution is -2.17. The Morgan fingerprint density at radius 2 is 0.527 bits per heavy atom. The van der Waals surface area contributed by atoms with Crippen molar-refractivity contribution in [3.8, 4) is 0 Å². The van der Waals surface area contributed by atoms with Crippen LogP contribution in [-0.2, 0) is 57.2 Å². The monoisotopic (exact) mass is 1300 g/mol. The minimum Gasteiger partial charge on any atom is -0.469 e. The summed E-state index contributed by atoms with van der Waals surface area (Å²) in [5.41, 5.74) is 2.39. The van der Waals surface area contributed by atoms with Crippen LogP contribution in [0.1, 0.15) is 385 Å². The Morgan fingerprint density at radius 3 is 0.802 bits per heavy atom. The van der Waals surface area contributed by atoms with E-state index in [1.807, 2.05) is 0 Å². The maximum Gasteiger partial charge on any atom is 0.305 e. The normalized spacial score (nSPS) is 12.6. The largest absolute Gasteiger partial charge is 0.469 e. The quantitative estimate of drug-likeness (QED) is 0.0325. The van der Waals surface area contributed by atoms with Gasteiger partial charge in [-0.25, -0.2) is 0 Å². The van der Waals surface area contributed by atoms with Crippen molar-refractivity contribution >= 4 is 35.8 Å². The zero-order valence-electron chi connectivity index (χ0n) is 65.8. The summed E-state index contributed by atoms with van der Waals surface area (Å²) in [6.45, 7) is 56.6. The molecule has 0 aromatic carbocycles. The van der Waals surface area contributed by atoms with Gasteiger partial charge in [-0.05, 0) is 108 Å². The van der Waals surface area contributed by atoms with Gasteiger partial charge in [-0.3, -0.25) is 28.8 Å². The fraction of sp³-hybridized carbons (Fsp3) is 0.924. The first kappa shape index (κ1) is 98.9. The average molecular weight is 1300 g/mol. The van der Waals surface area contributed by atoms with E-state index in [1.165, 1.54) is 163 Å². The molecule has 91 heavy (non-hydrogen) atoms. The Bertz CT molecular complexity index is 1690. The third kappa shape index (κ3) is 93.3. The number of ether oxygens (including phenoxy) is 6. The van der Waals surface area contributed by atoms with Gasteiger partial charge in [0.1, 0.15) is 0 Å². The Morgan fingerprint density at radius 1 is 0.286 bits per heavy atom. The van der Waals surface area contributed by atoms with Crippen LogP contribution in [0, 0.1) is 50.2 Å². The molecule has 0 aromatic heterocycles. The molecule has 0 rings (SSSR count). The minimum absolute atomic E-state index is 0.0403. The van der Waals surface area contributed by atoms with E-state index in [2.05, 4.69) is 162 Å². The summed E-state index contributed by atoms with van der Waals surface area (Å²) >= 11 is 0. The lowest BCUT2D eigenvalue weighted by molar-refractivity contribution is -0.144. The minimum atomic E-state index is -0.168. The highest BCUT2D eigenvalue weighted by atomic mass is 16.5. The van der Waals surface area contributed by atoms with E-state index >= 15 is 0 Å². The van der Waals surface area contributed by atoms with E-state index in [9.17, 15) is 28.8 Å². The van der Waals surface area contributed by atoms with Crippen molar-refractivity contribution in [1.82, 2.24) is 0 Å². The molecule has 0 aromatic rings. The molecule has 0 fully saturated rings. The Balaban J connectivity index is -0.000000239. The number of carbonyl (C=O) groups excluding carboxylic acids is 6. The average Bonchev–Trinajstić information content (AvgIpc) is 2.40. The van der Waals surface area contributed by atoms with Gasteiger partial charge in [-0.1, -0.05) is 287 Å². The van der Waals surface area contributed by atoms with Gasteiger partial charge in [0.15, 0.2) is 0 Å². The van der Waals surface area contributed by atoms with Crippen LogP contribution in [-0.4, -0.2) is 76.5 Å². The number of rotatable bonds is 40. The summed E-state index contributed by atoms with van der Waals surface area (Å²) < 4.78 is 28.9. The van der Waals surface area contributed by atoms with Gasteiger partial charge in [-0.2, -0.15) is 0 Å². The molecule has 0 aliphatic heterocycles. The maximum atomic E-state index is 11.3. The lowest BCUT2D eigenvalue weighted by atomic mass is 9.79. The first-order valence-electron chi connectivity index (χ1n) is 36.6. The van der Waals surface area contributed by atoms with Crippen LogP contribution in [0.3, 0.4) is 0 Å². The van der Waals surface area contributed by atoms with Gasteiger partial charge < -0.3 is 28.4 Å². The summed E-state index contributed by atoms with van der Waals surface area (Å²) in [6.07, 6.45) is 37.1. The van der Waals surface area contributed by atoms with Gasteiger partial charge in [0.25, 0.3) is 0 Å². The topological polar surface area (TPSA) is 158 Å². The van der Waals surface area contributed by atoms with Crippen LogP contribution in [0.2, 0.25) is 0 Å². The highest BCUT2D eigenvalue weighted by Gasteiger charge is 2.21. The maximum absolute atomic E-state index is 11.3. The molecule has 0 bridgehead atoms. The fourth-order valence-corrected chi connectivity index (χ4v) is 8.69. The SMILES string of the molecule is CC(=O)OCCCCCC(C)C(C)(C)C.CC(=O)OCCCCCCC(C)(C)C.CC(=O)OCCCCCCCCC(C)C(C)(C)C.CCCCCCOC(=O)CCC(C)(C)C.COC(=O)CCCCCC(C)C(C)(C)C.COC(=O)CCCCCCC(C)(C)C. The van der Waals surface area contributed by atoms with E-state index in [-0.39, 0.29) is 41.2 Å². The summed E-state index contributed by atoms with van der Waals surface area (Å²) in [4.78, 5) is 64.4. The van der Waals surface area contributed by atoms with Crippen molar-refractivity contribution in [3.63, 3.8) is 0 Å². The van der Waals surface area contributed by atoms with Crippen LogP contribution in [0.5, 0.6) is 0 Å². The van der Waals surface area contributed by atoms with E-state index < -0.39 is 0 Å². The van der Waals surface area contributed by atoms with Crippen molar-refractivity contribution in [3.05, 3.63) is 0 Å². The molecule has 0 N–H and O–H groups in total. The number of methoxy groups -OCH3 is 2. The number of hydrogen-bond acceptors (Lipinski definition) is 12. The zero-order valence-corrected chi connectivity index (χ0v) is 65.8. The zero-order chi connectivity index (χ0) is 71.6. The molecule has 0 radical (unpaired) electrons. The van der Waals surface area contributed by atoms with Gasteiger partial charge in [0, 0.05) is 40.0 Å². The molecular weight excluding hydrogens is 1140 g/mol. The molecule has 3 unspecified atom stereocenters. The molecular formula is C79H158O12. The van der Waals surface area contributed by atoms with Crippen LogP contribution in [0.4, 0.5) is 0 Å². The first-order chi connectivity index (χ1) is 41.9. The van der Waals surface area contributed by atoms with Gasteiger partial charge >= 0.3 is 35.8 Å². The Kier molecular flexibility index (Phi) is 65.7. The molecule has 0 aliphatic carbocycles. The highest BCUT2D eigenvalue weighted by molar-refractivity contribution is 5.70. The standard InChI is InChI=1S/C16H32O2.3C13H26O2.2C12H24O2/c1-14(16(3,4)5)12-10-8-6-7-9-11-13-18-15(2)17;1-11(13(2,3)4)9-7-6-8-10-12(14)15-5;1-11(13(3,4)5)9-7-6-8-10-15-12(2)14;1-5-6-7-8-11-15-12(14)9-10-13(2,3)4;1-12(2,3)10-8-6-5-7-9-11(13)14-4;1-11(13)14-10-8-6-5-7-9-12(2,3)4/h14H,6-13H2,1-5H3;2*11H,6-10H2,1-5H3;5-11H2,1-4H3;2*5-10H2,1-4H3. The van der Waals surface area contributed by atoms with Crippen molar-refractivity contribution in [1.29, 1.82) is 0 Å². The summed E-state index contributed by atoms with van der Waals surface area (Å²) in [7, 11) is 2.89. The Hall–Kier alpha value is -3.18. The fourth-order valence-electron chi connectivity index (χ4n) is 8.69. The van der Waals surface area contributed by atoms with Crippen molar-refractivity contribution in [2.75, 3.05) is 40.6 Å². The summed E-state index contributed by atoms with van der Waals surface area (Å²) in [5, 5.41) is 0. The second-order valence-electron chi connectivity index (χ2n) is 32.9. The first-order valence-corrected chi connectivity index (χ1v) is 36.6. The van der Waals surface area contributed by atoms with Gasteiger partial charge in [-0.15, -0.1) is 0 Å². The summed E-state index contributed by atoms with van der Waals surface area (Å²) in [6, 6.07) is 0. The molecule has 0 amide bonds. The van der Waals surface area contributed by atoms with Gasteiger partial charge in [0.05, 0.1) is 40.6 Å². The number of esters is 6. The molecule has 0 heterocycles. The Labute approximate surface area is 566 Å². The number of hydrogen-bond donors (Lipinski definition) is 0. The van der Waals surface area contributed by atoms with E-state index in [4.69, 9.17) is 18.9 Å². The molecule has 12 heteroatoms. The predicted molar refractivity (Wildman–Crippen MR) is 387 cm³/mol. The summed E-state index contributed by atoms with van der Waals surface area (Å²) in [5.74, 6) is 1.60. The van der Waals surface area contributed by atoms with E-state index in [0.29, 0.717) is 72.8 Å². The molecule has 0 saturated heterocycles. The van der Waals surface area contributed by atoms with Crippen LogP contribution >= 0.6 is 0 Å². The van der Waals surface area contributed by atoms with Crippen LogP contribution < -0.4 is 0 Å². The predicted octanol–water partition coefficient (Wildman–Crippen LogP) is 23.6. The van der Waals surface area contributed by atoms with Crippen molar-refractivity contribution in [2.24, 2.45) is 50.2 Å².